The Morgan fingerprint density at radius 1 is 1.24 bits per heavy atom. The fraction of sp³-hybridized carbons (Fsp3) is 0.526. The van der Waals surface area contributed by atoms with Crippen LogP contribution in [0, 0.1) is 12.3 Å². The number of hydrogen-bond acceptors (Lipinski definition) is 4. The van der Waals surface area contributed by atoms with E-state index >= 15 is 0 Å². The van der Waals surface area contributed by atoms with Gasteiger partial charge in [0.05, 0.1) is 19.1 Å². The van der Waals surface area contributed by atoms with E-state index in [1.54, 1.807) is 17.0 Å². The van der Waals surface area contributed by atoms with Crippen molar-refractivity contribution < 1.29 is 24.2 Å². The molecule has 0 aromatic heterocycles. The molecule has 6 heteroatoms. The van der Waals surface area contributed by atoms with Crippen LogP contribution in [-0.4, -0.2) is 47.5 Å². The molecule has 1 aromatic carbocycles. The van der Waals surface area contributed by atoms with Gasteiger partial charge >= 0.3 is 11.9 Å². The van der Waals surface area contributed by atoms with E-state index in [0.717, 1.165) is 31.2 Å². The molecule has 2 aliphatic rings. The van der Waals surface area contributed by atoms with E-state index in [-0.39, 0.29) is 23.8 Å². The Bertz CT molecular complexity index is 723. The highest BCUT2D eigenvalue weighted by atomic mass is 16.5. The molecule has 1 aromatic rings. The number of likely N-dealkylation sites (tertiary alicyclic amines) is 1. The number of carbonyl (C=O) groups excluding carboxylic acids is 2. The fourth-order valence-corrected chi connectivity index (χ4v) is 4.13. The van der Waals surface area contributed by atoms with Gasteiger partial charge in [0, 0.05) is 18.2 Å². The van der Waals surface area contributed by atoms with Gasteiger partial charge in [-0.15, -0.1) is 0 Å². The van der Waals surface area contributed by atoms with Crippen LogP contribution in [0.25, 0.3) is 0 Å². The van der Waals surface area contributed by atoms with Gasteiger partial charge in [0.15, 0.2) is 0 Å². The molecule has 1 heterocycles. The fourth-order valence-electron chi connectivity index (χ4n) is 4.13. The topological polar surface area (TPSA) is 83.9 Å². The Kier molecular flexibility index (Phi) is 4.54. The Morgan fingerprint density at radius 2 is 1.92 bits per heavy atom. The van der Waals surface area contributed by atoms with Crippen molar-refractivity contribution in [2.24, 2.45) is 5.41 Å². The molecule has 134 valence electrons. The van der Waals surface area contributed by atoms with Crippen molar-refractivity contribution in [3.05, 3.63) is 34.9 Å². The van der Waals surface area contributed by atoms with Crippen molar-refractivity contribution >= 4 is 17.8 Å². The molecule has 1 atom stereocenters. The van der Waals surface area contributed by atoms with E-state index in [0.29, 0.717) is 17.7 Å². The Morgan fingerprint density at radius 3 is 2.48 bits per heavy atom. The zero-order valence-corrected chi connectivity index (χ0v) is 14.6. The quantitative estimate of drug-likeness (QED) is 0.848. The van der Waals surface area contributed by atoms with Crippen LogP contribution in [0.3, 0.4) is 0 Å². The van der Waals surface area contributed by atoms with E-state index in [4.69, 9.17) is 4.74 Å². The molecule has 6 nitrogen and oxygen atoms in total. The van der Waals surface area contributed by atoms with Gasteiger partial charge in [-0.05, 0) is 55.4 Å². The highest BCUT2D eigenvalue weighted by molar-refractivity contribution is 5.98. The van der Waals surface area contributed by atoms with Gasteiger partial charge in [-0.3, -0.25) is 9.59 Å². The summed E-state index contributed by atoms with van der Waals surface area (Å²) in [5, 5.41) is 9.20. The molecule has 0 radical (unpaired) electrons. The van der Waals surface area contributed by atoms with E-state index < -0.39 is 11.9 Å². The number of aryl methyl sites for hydroxylation is 1. The molecule has 1 saturated heterocycles. The summed E-state index contributed by atoms with van der Waals surface area (Å²) in [5.41, 5.74) is 1.62. The van der Waals surface area contributed by atoms with Gasteiger partial charge in [0.2, 0.25) is 0 Å². The summed E-state index contributed by atoms with van der Waals surface area (Å²) in [6.07, 6.45) is 3.95. The largest absolute Gasteiger partial charge is 0.481 e. The summed E-state index contributed by atoms with van der Waals surface area (Å²) in [5.74, 6) is -1.58. The first-order chi connectivity index (χ1) is 11.8. The lowest BCUT2D eigenvalue weighted by atomic mass is 9.67. The Balaban J connectivity index is 1.89. The number of methoxy groups -OCH3 is 1. The van der Waals surface area contributed by atoms with E-state index in [1.807, 2.05) is 6.92 Å². The van der Waals surface area contributed by atoms with Crippen LogP contribution in [0.2, 0.25) is 0 Å². The molecule has 1 spiro atoms. The predicted octanol–water partition coefficient (Wildman–Crippen LogP) is 2.64. The molecule has 1 saturated carbocycles. The Labute approximate surface area is 146 Å². The van der Waals surface area contributed by atoms with Crippen LogP contribution in [0.4, 0.5) is 0 Å². The third kappa shape index (κ3) is 3.38. The molecule has 25 heavy (non-hydrogen) atoms. The zero-order valence-electron chi connectivity index (χ0n) is 14.6. The number of carboxylic acid groups (broad SMARTS) is 1. The summed E-state index contributed by atoms with van der Waals surface area (Å²) < 4.78 is 4.74. The SMILES string of the molecule is COC(=O)c1cc(C)cc(C(=O)N2CC3(CCC3)CC2CC(=O)O)c1. The number of ether oxygens (including phenoxy) is 1. The summed E-state index contributed by atoms with van der Waals surface area (Å²) in [6.45, 7) is 2.42. The lowest BCUT2D eigenvalue weighted by Crippen LogP contribution is -2.39. The number of amides is 1. The number of carboxylic acids is 1. The predicted molar refractivity (Wildman–Crippen MR) is 90.5 cm³/mol. The first kappa shape index (κ1) is 17.5. The average molecular weight is 345 g/mol. The number of aliphatic carboxylic acids is 1. The molecular formula is C19H23NO5. The van der Waals surface area contributed by atoms with Gasteiger partial charge in [-0.25, -0.2) is 4.79 Å². The number of carbonyl (C=O) groups is 3. The van der Waals surface area contributed by atoms with Gasteiger partial charge in [0.1, 0.15) is 0 Å². The first-order valence-electron chi connectivity index (χ1n) is 8.56. The number of rotatable bonds is 4. The lowest BCUT2D eigenvalue weighted by Gasteiger charge is -2.37. The second-order valence-corrected chi connectivity index (χ2v) is 7.32. The Hall–Kier alpha value is -2.37. The molecule has 3 rings (SSSR count). The van der Waals surface area contributed by atoms with Crippen LogP contribution in [-0.2, 0) is 9.53 Å². The van der Waals surface area contributed by atoms with Gasteiger partial charge in [0.25, 0.3) is 5.91 Å². The summed E-state index contributed by atoms with van der Waals surface area (Å²) >= 11 is 0. The third-order valence-electron chi connectivity index (χ3n) is 5.45. The summed E-state index contributed by atoms with van der Waals surface area (Å²) in [6, 6.07) is 4.66. The van der Waals surface area contributed by atoms with Gasteiger partial charge < -0.3 is 14.7 Å². The normalized spacial score (nSPS) is 21.0. The summed E-state index contributed by atoms with van der Waals surface area (Å²) in [7, 11) is 1.30. The van der Waals surface area contributed by atoms with Crippen LogP contribution in [0.5, 0.6) is 0 Å². The van der Waals surface area contributed by atoms with E-state index in [1.165, 1.54) is 13.2 Å². The average Bonchev–Trinajstić information content (AvgIpc) is 2.92. The molecule has 1 amide bonds. The van der Waals surface area contributed by atoms with E-state index in [9.17, 15) is 19.5 Å². The molecule has 1 aliphatic carbocycles. The van der Waals surface area contributed by atoms with Crippen LogP contribution >= 0.6 is 0 Å². The van der Waals surface area contributed by atoms with Crippen molar-refractivity contribution in [1.29, 1.82) is 0 Å². The second-order valence-electron chi connectivity index (χ2n) is 7.32. The van der Waals surface area contributed by atoms with Crippen molar-refractivity contribution in [2.45, 2.75) is 45.1 Å². The van der Waals surface area contributed by atoms with Crippen molar-refractivity contribution in [3.8, 4) is 0 Å². The first-order valence-corrected chi connectivity index (χ1v) is 8.56. The van der Waals surface area contributed by atoms with Crippen molar-refractivity contribution in [3.63, 3.8) is 0 Å². The maximum Gasteiger partial charge on any atom is 0.337 e. The minimum absolute atomic E-state index is 0.0385. The maximum atomic E-state index is 13.1. The van der Waals surface area contributed by atoms with Crippen molar-refractivity contribution in [2.75, 3.05) is 13.7 Å². The summed E-state index contributed by atoms with van der Waals surface area (Å²) in [4.78, 5) is 37.8. The number of hydrogen-bond donors (Lipinski definition) is 1. The van der Waals surface area contributed by atoms with Gasteiger partial charge in [-0.2, -0.15) is 0 Å². The van der Waals surface area contributed by atoms with E-state index in [2.05, 4.69) is 0 Å². The number of benzene rings is 1. The highest BCUT2D eigenvalue weighted by Gasteiger charge is 2.49. The standard InChI is InChI=1S/C19H23NO5/c1-12-6-13(8-14(7-12)18(24)25-2)17(23)20-11-19(4-3-5-19)10-15(20)9-16(21)22/h6-8,15H,3-5,9-11H2,1-2H3,(H,21,22). The van der Waals surface area contributed by atoms with Crippen molar-refractivity contribution in [1.82, 2.24) is 4.90 Å². The number of esters is 1. The smallest absolute Gasteiger partial charge is 0.337 e. The molecule has 1 N–H and O–H groups in total. The van der Waals surface area contributed by atoms with Crippen LogP contribution in [0.1, 0.15) is 58.4 Å². The monoisotopic (exact) mass is 345 g/mol. The molecule has 2 fully saturated rings. The molecule has 1 unspecified atom stereocenters. The third-order valence-corrected chi connectivity index (χ3v) is 5.45. The minimum Gasteiger partial charge on any atom is -0.481 e. The maximum absolute atomic E-state index is 13.1. The lowest BCUT2D eigenvalue weighted by molar-refractivity contribution is -0.138. The van der Waals surface area contributed by atoms with Crippen LogP contribution in [0.15, 0.2) is 18.2 Å². The second kappa shape index (κ2) is 6.50. The zero-order chi connectivity index (χ0) is 18.2. The van der Waals surface area contributed by atoms with Gasteiger partial charge in [-0.1, -0.05) is 6.42 Å². The minimum atomic E-state index is -0.890. The molecule has 0 bridgehead atoms. The van der Waals surface area contributed by atoms with Crippen LogP contribution < -0.4 is 0 Å². The molecular weight excluding hydrogens is 322 g/mol. The highest BCUT2D eigenvalue weighted by Crippen LogP contribution is 2.51. The number of nitrogens with zero attached hydrogens (tertiary/aromatic N) is 1. The molecule has 1 aliphatic heterocycles.